The van der Waals surface area contributed by atoms with Crippen LogP contribution in [0.4, 0.5) is 0 Å². The molecule has 0 bridgehead atoms. The second-order valence-corrected chi connectivity index (χ2v) is 5.04. The Morgan fingerprint density at radius 2 is 2.00 bits per heavy atom. The van der Waals surface area contributed by atoms with Gasteiger partial charge in [0.25, 0.3) is 0 Å². The highest BCUT2D eigenvalue weighted by atomic mass is 16.5. The molecule has 1 aliphatic rings. The molecule has 0 spiro atoms. The summed E-state index contributed by atoms with van der Waals surface area (Å²) in [5.41, 5.74) is 5.15. The first-order valence-electron chi connectivity index (χ1n) is 6.13. The van der Waals surface area contributed by atoms with E-state index in [0.29, 0.717) is 31.9 Å². The molecular formula is C12H22N2O3. The van der Waals surface area contributed by atoms with Crippen molar-refractivity contribution in [2.45, 2.75) is 39.2 Å². The van der Waals surface area contributed by atoms with Gasteiger partial charge in [0.2, 0.25) is 5.91 Å². The van der Waals surface area contributed by atoms with E-state index >= 15 is 0 Å². The molecule has 1 saturated carbocycles. The van der Waals surface area contributed by atoms with Crippen LogP contribution in [0.25, 0.3) is 0 Å². The van der Waals surface area contributed by atoms with E-state index in [0.717, 1.165) is 0 Å². The lowest BCUT2D eigenvalue weighted by molar-refractivity contribution is -0.150. The van der Waals surface area contributed by atoms with E-state index in [4.69, 9.17) is 10.5 Å². The Hall–Kier alpha value is -1.10. The molecule has 1 amide bonds. The van der Waals surface area contributed by atoms with Gasteiger partial charge in [-0.2, -0.15) is 0 Å². The minimum atomic E-state index is -0.721. The van der Waals surface area contributed by atoms with Gasteiger partial charge < -0.3 is 15.4 Å². The Balaban J connectivity index is 2.60. The predicted molar refractivity (Wildman–Crippen MR) is 64.2 cm³/mol. The lowest BCUT2D eigenvalue weighted by atomic mass is 10.1. The third kappa shape index (κ3) is 4.00. The monoisotopic (exact) mass is 242 g/mol. The van der Waals surface area contributed by atoms with Crippen molar-refractivity contribution in [3.05, 3.63) is 0 Å². The van der Waals surface area contributed by atoms with E-state index in [1.807, 2.05) is 13.8 Å². The number of hydrogen-bond acceptors (Lipinski definition) is 4. The molecule has 5 nitrogen and oxygen atoms in total. The highest BCUT2D eigenvalue weighted by molar-refractivity contribution is 5.91. The normalized spacial score (nSPS) is 16.8. The largest absolute Gasteiger partial charge is 0.465 e. The van der Waals surface area contributed by atoms with Crippen LogP contribution in [0.2, 0.25) is 0 Å². The second kappa shape index (κ2) is 5.49. The van der Waals surface area contributed by atoms with Gasteiger partial charge in [0.05, 0.1) is 12.1 Å². The molecule has 0 aliphatic heterocycles. The average Bonchev–Trinajstić information content (AvgIpc) is 2.95. The summed E-state index contributed by atoms with van der Waals surface area (Å²) in [6, 6.07) is 0. The van der Waals surface area contributed by atoms with E-state index < -0.39 is 5.54 Å². The van der Waals surface area contributed by atoms with Gasteiger partial charge in [-0.25, -0.2) is 0 Å². The summed E-state index contributed by atoms with van der Waals surface area (Å²) < 4.78 is 4.86. The van der Waals surface area contributed by atoms with Crippen molar-refractivity contribution in [1.29, 1.82) is 0 Å². The Bertz CT molecular complexity index is 298. The standard InChI is InChI=1S/C12H22N2O3/c1-4-17-10(15)8-14(7-9(2)3)11(16)12(13)5-6-12/h9H,4-8,13H2,1-3H3. The minimum Gasteiger partial charge on any atom is -0.465 e. The van der Waals surface area contributed by atoms with Crippen LogP contribution in [0.15, 0.2) is 0 Å². The highest BCUT2D eigenvalue weighted by Crippen LogP contribution is 2.34. The molecule has 0 saturated heterocycles. The summed E-state index contributed by atoms with van der Waals surface area (Å²) in [7, 11) is 0. The topological polar surface area (TPSA) is 72.6 Å². The fourth-order valence-electron chi connectivity index (χ4n) is 1.69. The lowest BCUT2D eigenvalue weighted by Gasteiger charge is -2.26. The van der Waals surface area contributed by atoms with Crippen molar-refractivity contribution in [2.75, 3.05) is 19.7 Å². The molecule has 0 aromatic heterocycles. The molecule has 1 aliphatic carbocycles. The molecule has 0 aromatic rings. The number of carbonyl (C=O) groups excluding carboxylic acids is 2. The first-order valence-corrected chi connectivity index (χ1v) is 6.13. The predicted octanol–water partition coefficient (Wildman–Crippen LogP) is 0.525. The summed E-state index contributed by atoms with van der Waals surface area (Å²) >= 11 is 0. The SMILES string of the molecule is CCOC(=O)CN(CC(C)C)C(=O)C1(N)CC1. The zero-order valence-electron chi connectivity index (χ0n) is 10.9. The van der Waals surface area contributed by atoms with Gasteiger partial charge in [-0.15, -0.1) is 0 Å². The van der Waals surface area contributed by atoms with Crippen LogP contribution in [-0.2, 0) is 14.3 Å². The van der Waals surface area contributed by atoms with Gasteiger partial charge in [-0.3, -0.25) is 9.59 Å². The molecule has 0 unspecified atom stereocenters. The Morgan fingerprint density at radius 3 is 2.41 bits per heavy atom. The van der Waals surface area contributed by atoms with Crippen molar-refractivity contribution >= 4 is 11.9 Å². The van der Waals surface area contributed by atoms with Crippen LogP contribution in [-0.4, -0.2) is 42.0 Å². The van der Waals surface area contributed by atoms with Crippen LogP contribution in [0, 0.1) is 5.92 Å². The van der Waals surface area contributed by atoms with Gasteiger partial charge in [0, 0.05) is 6.54 Å². The molecule has 5 heteroatoms. The van der Waals surface area contributed by atoms with Crippen molar-refractivity contribution in [3.63, 3.8) is 0 Å². The van der Waals surface area contributed by atoms with E-state index in [2.05, 4.69) is 0 Å². The second-order valence-electron chi connectivity index (χ2n) is 5.04. The maximum atomic E-state index is 12.1. The van der Waals surface area contributed by atoms with Crippen LogP contribution in [0.5, 0.6) is 0 Å². The third-order valence-electron chi connectivity index (χ3n) is 2.71. The fraction of sp³-hybridized carbons (Fsp3) is 0.833. The average molecular weight is 242 g/mol. The van der Waals surface area contributed by atoms with Gasteiger partial charge >= 0.3 is 5.97 Å². The van der Waals surface area contributed by atoms with Crippen LogP contribution in [0.3, 0.4) is 0 Å². The molecule has 0 radical (unpaired) electrons. The molecule has 1 rings (SSSR count). The molecule has 1 fully saturated rings. The smallest absolute Gasteiger partial charge is 0.325 e. The molecule has 17 heavy (non-hydrogen) atoms. The molecule has 0 aromatic carbocycles. The van der Waals surface area contributed by atoms with Crippen molar-refractivity contribution in [1.82, 2.24) is 4.90 Å². The zero-order chi connectivity index (χ0) is 13.1. The van der Waals surface area contributed by atoms with E-state index in [1.165, 1.54) is 4.90 Å². The Labute approximate surface area is 102 Å². The summed E-state index contributed by atoms with van der Waals surface area (Å²) in [4.78, 5) is 25.0. The van der Waals surface area contributed by atoms with E-state index in [-0.39, 0.29) is 18.4 Å². The van der Waals surface area contributed by atoms with Crippen LogP contribution < -0.4 is 5.73 Å². The van der Waals surface area contributed by atoms with Crippen molar-refractivity contribution < 1.29 is 14.3 Å². The quantitative estimate of drug-likeness (QED) is 0.689. The number of ether oxygens (including phenoxy) is 1. The highest BCUT2D eigenvalue weighted by Gasteiger charge is 2.48. The lowest BCUT2D eigenvalue weighted by Crippen LogP contribution is -2.49. The van der Waals surface area contributed by atoms with Gasteiger partial charge in [0.15, 0.2) is 0 Å². The number of carbonyl (C=O) groups is 2. The molecule has 2 N–H and O–H groups in total. The Morgan fingerprint density at radius 1 is 1.41 bits per heavy atom. The number of esters is 1. The van der Waals surface area contributed by atoms with Gasteiger partial charge in [-0.05, 0) is 25.7 Å². The summed E-state index contributed by atoms with van der Waals surface area (Å²) in [6.45, 7) is 6.62. The number of nitrogens with zero attached hydrogens (tertiary/aromatic N) is 1. The number of hydrogen-bond donors (Lipinski definition) is 1. The molecule has 0 atom stereocenters. The number of nitrogens with two attached hydrogens (primary N) is 1. The van der Waals surface area contributed by atoms with Gasteiger partial charge in [0.1, 0.15) is 6.54 Å². The third-order valence-corrected chi connectivity index (χ3v) is 2.71. The zero-order valence-corrected chi connectivity index (χ0v) is 10.9. The van der Waals surface area contributed by atoms with Crippen LogP contribution in [0.1, 0.15) is 33.6 Å². The Kier molecular flexibility index (Phi) is 4.51. The summed E-state index contributed by atoms with van der Waals surface area (Å²) in [5, 5.41) is 0. The molecule has 0 heterocycles. The summed E-state index contributed by atoms with van der Waals surface area (Å²) in [5.74, 6) is -0.194. The summed E-state index contributed by atoms with van der Waals surface area (Å²) in [6.07, 6.45) is 1.42. The van der Waals surface area contributed by atoms with Crippen LogP contribution >= 0.6 is 0 Å². The van der Waals surface area contributed by atoms with E-state index in [1.54, 1.807) is 6.92 Å². The number of amides is 1. The maximum Gasteiger partial charge on any atom is 0.325 e. The van der Waals surface area contributed by atoms with Crippen molar-refractivity contribution in [2.24, 2.45) is 11.7 Å². The first kappa shape index (κ1) is 14.0. The molecular weight excluding hydrogens is 220 g/mol. The molecule has 98 valence electrons. The maximum absolute atomic E-state index is 12.1. The van der Waals surface area contributed by atoms with Crippen molar-refractivity contribution in [3.8, 4) is 0 Å². The fourth-order valence-corrected chi connectivity index (χ4v) is 1.69. The minimum absolute atomic E-state index is 0.00377. The van der Waals surface area contributed by atoms with E-state index in [9.17, 15) is 9.59 Å². The van der Waals surface area contributed by atoms with Gasteiger partial charge in [-0.1, -0.05) is 13.8 Å². The number of rotatable bonds is 6. The first-order chi connectivity index (χ1) is 7.89.